The van der Waals surface area contributed by atoms with Gasteiger partial charge in [0.05, 0.1) is 32.5 Å². The maximum absolute atomic E-state index is 13.8. The fourth-order valence-electron chi connectivity index (χ4n) is 5.19. The standard InChI is InChI=1S/C30H35NO7/c1-17(2)37-11-12-38-30(34)27-18(3)31-23-14-21(19-9-10-25(35-4)26(16-19)36-5)15-24(33)29(23)28(27)20-7-6-8-22(32)13-20/h6-10,13,16-17,21,28,31-32H,11-12,14-15H2,1-5H3/t21-,28+/m0/s1. The zero-order chi connectivity index (χ0) is 27.4. The van der Waals surface area contributed by atoms with Gasteiger partial charge in [-0.1, -0.05) is 18.2 Å². The minimum absolute atomic E-state index is 0.0252. The third-order valence-electron chi connectivity index (χ3n) is 6.90. The van der Waals surface area contributed by atoms with Crippen LogP contribution in [0, 0.1) is 0 Å². The molecular weight excluding hydrogens is 486 g/mol. The van der Waals surface area contributed by atoms with Gasteiger partial charge in [-0.05, 0) is 68.5 Å². The quantitative estimate of drug-likeness (QED) is 0.360. The Balaban J connectivity index is 1.69. The number of nitrogens with one attached hydrogen (secondary N) is 1. The van der Waals surface area contributed by atoms with E-state index in [0.29, 0.717) is 40.3 Å². The lowest BCUT2D eigenvalue weighted by atomic mass is 9.71. The molecule has 2 aromatic carbocycles. The largest absolute Gasteiger partial charge is 0.508 e. The second-order valence-corrected chi connectivity index (χ2v) is 9.78. The monoisotopic (exact) mass is 521 g/mol. The number of phenols is 1. The number of ketones is 1. The average Bonchev–Trinajstić information content (AvgIpc) is 2.89. The number of hydrogen-bond acceptors (Lipinski definition) is 8. The molecule has 4 rings (SSSR count). The summed E-state index contributed by atoms with van der Waals surface area (Å²) in [4.78, 5) is 27.1. The van der Waals surface area contributed by atoms with Crippen molar-refractivity contribution >= 4 is 11.8 Å². The van der Waals surface area contributed by atoms with Crippen molar-refractivity contribution in [2.24, 2.45) is 0 Å². The van der Waals surface area contributed by atoms with Crippen molar-refractivity contribution in [3.8, 4) is 17.2 Å². The number of esters is 1. The van der Waals surface area contributed by atoms with Crippen LogP contribution in [0.2, 0.25) is 0 Å². The number of carbonyl (C=O) groups excluding carboxylic acids is 2. The SMILES string of the molecule is COc1ccc([C@@H]2CC(=O)C3=C(C2)NC(C)=C(C(=O)OCCOC(C)C)[C@H]3c2cccc(O)c2)cc1OC. The number of benzene rings is 2. The van der Waals surface area contributed by atoms with E-state index in [4.69, 9.17) is 18.9 Å². The topological polar surface area (TPSA) is 103 Å². The molecule has 2 aromatic rings. The molecule has 0 saturated carbocycles. The van der Waals surface area contributed by atoms with Crippen LogP contribution in [0.25, 0.3) is 0 Å². The van der Waals surface area contributed by atoms with Gasteiger partial charge in [-0.2, -0.15) is 0 Å². The van der Waals surface area contributed by atoms with E-state index >= 15 is 0 Å². The molecule has 2 aliphatic rings. The first-order chi connectivity index (χ1) is 18.2. The summed E-state index contributed by atoms with van der Waals surface area (Å²) >= 11 is 0. The van der Waals surface area contributed by atoms with Crippen LogP contribution in [0.15, 0.2) is 65.0 Å². The molecule has 0 aromatic heterocycles. The zero-order valence-corrected chi connectivity index (χ0v) is 22.5. The number of hydrogen-bond donors (Lipinski definition) is 2. The minimum atomic E-state index is -0.657. The highest BCUT2D eigenvalue weighted by Crippen LogP contribution is 2.46. The highest BCUT2D eigenvalue weighted by molar-refractivity contribution is 6.04. The summed E-state index contributed by atoms with van der Waals surface area (Å²) in [6.45, 7) is 6.01. The van der Waals surface area contributed by atoms with E-state index in [1.165, 1.54) is 0 Å². The molecule has 1 heterocycles. The van der Waals surface area contributed by atoms with Crippen LogP contribution in [-0.4, -0.2) is 50.4 Å². The Labute approximate surface area is 223 Å². The molecule has 8 heteroatoms. The summed E-state index contributed by atoms with van der Waals surface area (Å²) in [5.74, 6) is -0.0217. The maximum Gasteiger partial charge on any atom is 0.336 e. The molecule has 202 valence electrons. The van der Waals surface area contributed by atoms with Crippen molar-refractivity contribution in [2.75, 3.05) is 27.4 Å². The van der Waals surface area contributed by atoms with Gasteiger partial charge in [0.15, 0.2) is 17.3 Å². The van der Waals surface area contributed by atoms with Gasteiger partial charge in [-0.25, -0.2) is 4.79 Å². The average molecular weight is 522 g/mol. The summed E-state index contributed by atoms with van der Waals surface area (Å²) in [7, 11) is 3.17. The Morgan fingerprint density at radius 3 is 2.47 bits per heavy atom. The molecule has 0 bridgehead atoms. The highest BCUT2D eigenvalue weighted by atomic mass is 16.6. The molecular formula is C30H35NO7. The van der Waals surface area contributed by atoms with Gasteiger partial charge in [0.1, 0.15) is 12.4 Å². The van der Waals surface area contributed by atoms with Crippen molar-refractivity contribution in [1.29, 1.82) is 0 Å². The number of allylic oxidation sites excluding steroid dienone is 3. The first kappa shape index (κ1) is 27.3. The number of methoxy groups -OCH3 is 2. The maximum atomic E-state index is 13.8. The second kappa shape index (κ2) is 11.7. The summed E-state index contributed by atoms with van der Waals surface area (Å²) in [5.41, 5.74) is 3.90. The van der Waals surface area contributed by atoms with E-state index < -0.39 is 11.9 Å². The van der Waals surface area contributed by atoms with Crippen molar-refractivity contribution < 1.29 is 33.6 Å². The van der Waals surface area contributed by atoms with Gasteiger partial charge >= 0.3 is 5.97 Å². The molecule has 0 unspecified atom stereocenters. The fourth-order valence-corrected chi connectivity index (χ4v) is 5.19. The zero-order valence-electron chi connectivity index (χ0n) is 22.5. The predicted molar refractivity (Wildman–Crippen MR) is 142 cm³/mol. The molecule has 1 aliphatic heterocycles. The normalized spacial score (nSPS) is 19.3. The van der Waals surface area contributed by atoms with Crippen LogP contribution < -0.4 is 14.8 Å². The fraction of sp³-hybridized carbons (Fsp3) is 0.400. The van der Waals surface area contributed by atoms with Gasteiger partial charge < -0.3 is 29.4 Å². The van der Waals surface area contributed by atoms with E-state index in [-0.39, 0.29) is 43.2 Å². The predicted octanol–water partition coefficient (Wildman–Crippen LogP) is 4.74. The number of dihydropyridines is 1. The summed E-state index contributed by atoms with van der Waals surface area (Å²) < 4.78 is 21.9. The number of Topliss-reactive ketones (excluding diaryl/α,β-unsaturated/α-hetero) is 1. The van der Waals surface area contributed by atoms with Crippen LogP contribution in [0.4, 0.5) is 0 Å². The smallest absolute Gasteiger partial charge is 0.336 e. The summed E-state index contributed by atoms with van der Waals surface area (Å²) in [6.07, 6.45) is 0.875. The lowest BCUT2D eigenvalue weighted by molar-refractivity contribution is -0.141. The van der Waals surface area contributed by atoms with Crippen molar-refractivity contribution in [1.82, 2.24) is 5.32 Å². The number of aromatic hydroxyl groups is 1. The van der Waals surface area contributed by atoms with E-state index in [1.807, 2.05) is 45.0 Å². The molecule has 2 atom stereocenters. The molecule has 0 fully saturated rings. The van der Waals surface area contributed by atoms with Gasteiger partial charge in [0, 0.05) is 29.3 Å². The summed E-state index contributed by atoms with van der Waals surface area (Å²) in [6, 6.07) is 12.4. The summed E-state index contributed by atoms with van der Waals surface area (Å²) in [5, 5.41) is 13.6. The minimum Gasteiger partial charge on any atom is -0.508 e. The van der Waals surface area contributed by atoms with Crippen LogP contribution in [-0.2, 0) is 19.1 Å². The first-order valence-corrected chi connectivity index (χ1v) is 12.8. The molecule has 38 heavy (non-hydrogen) atoms. The first-order valence-electron chi connectivity index (χ1n) is 12.8. The van der Waals surface area contributed by atoms with Gasteiger partial charge in [0.25, 0.3) is 0 Å². The molecule has 1 aliphatic carbocycles. The number of carbonyl (C=O) groups is 2. The Kier molecular flexibility index (Phi) is 8.42. The lowest BCUT2D eigenvalue weighted by Gasteiger charge is -2.36. The second-order valence-electron chi connectivity index (χ2n) is 9.78. The van der Waals surface area contributed by atoms with Gasteiger partial charge in [-0.15, -0.1) is 0 Å². The molecule has 0 saturated heterocycles. The molecule has 0 amide bonds. The van der Waals surface area contributed by atoms with E-state index in [0.717, 1.165) is 11.3 Å². The van der Waals surface area contributed by atoms with Gasteiger partial charge in [0.2, 0.25) is 0 Å². The van der Waals surface area contributed by atoms with Crippen LogP contribution in [0.5, 0.6) is 17.2 Å². The molecule has 0 radical (unpaired) electrons. The van der Waals surface area contributed by atoms with E-state index in [9.17, 15) is 14.7 Å². The number of rotatable bonds is 9. The van der Waals surface area contributed by atoms with E-state index in [1.54, 1.807) is 32.4 Å². The molecule has 8 nitrogen and oxygen atoms in total. The van der Waals surface area contributed by atoms with Crippen LogP contribution in [0.1, 0.15) is 56.6 Å². The van der Waals surface area contributed by atoms with Crippen LogP contribution >= 0.6 is 0 Å². The van der Waals surface area contributed by atoms with Gasteiger partial charge in [-0.3, -0.25) is 4.79 Å². The number of ether oxygens (including phenoxy) is 4. The Morgan fingerprint density at radius 2 is 1.79 bits per heavy atom. The number of phenolic OH excluding ortho intramolecular Hbond substituents is 1. The van der Waals surface area contributed by atoms with Crippen molar-refractivity contribution in [2.45, 2.75) is 51.6 Å². The Hall–Kier alpha value is -3.78. The lowest BCUT2D eigenvalue weighted by Crippen LogP contribution is -2.36. The highest BCUT2D eigenvalue weighted by Gasteiger charge is 2.41. The van der Waals surface area contributed by atoms with Crippen molar-refractivity contribution in [3.05, 3.63) is 76.1 Å². The third-order valence-corrected chi connectivity index (χ3v) is 6.90. The Bertz CT molecular complexity index is 1280. The van der Waals surface area contributed by atoms with E-state index in [2.05, 4.69) is 5.32 Å². The third kappa shape index (κ3) is 5.70. The molecule has 0 spiro atoms. The Morgan fingerprint density at radius 1 is 1.03 bits per heavy atom. The van der Waals surface area contributed by atoms with Crippen molar-refractivity contribution in [3.63, 3.8) is 0 Å². The van der Waals surface area contributed by atoms with Crippen LogP contribution in [0.3, 0.4) is 0 Å². The molecule has 2 N–H and O–H groups in total.